The second-order valence-electron chi connectivity index (χ2n) is 5.32. The first-order valence-electron chi connectivity index (χ1n) is 6.67. The molecule has 1 aromatic rings. The molecule has 2 heterocycles. The van der Waals surface area contributed by atoms with Crippen LogP contribution in [0.1, 0.15) is 29.5 Å². The molecule has 1 fully saturated rings. The van der Waals surface area contributed by atoms with E-state index in [1.807, 2.05) is 13.8 Å². The molecule has 0 amide bonds. The van der Waals surface area contributed by atoms with Crippen molar-refractivity contribution in [3.8, 4) is 0 Å². The van der Waals surface area contributed by atoms with Gasteiger partial charge in [-0.3, -0.25) is 0 Å². The lowest BCUT2D eigenvalue weighted by atomic mass is 9.93. The van der Waals surface area contributed by atoms with Crippen molar-refractivity contribution in [2.75, 3.05) is 13.1 Å². The Morgan fingerprint density at radius 3 is 2.60 bits per heavy atom. The largest absolute Gasteiger partial charge is 0.329 e. The van der Waals surface area contributed by atoms with Gasteiger partial charge >= 0.3 is 0 Å². The van der Waals surface area contributed by atoms with Gasteiger partial charge in [0.2, 0.25) is 10.0 Å². The van der Waals surface area contributed by atoms with E-state index in [2.05, 4.69) is 6.92 Å². The normalized spacial score (nSPS) is 24.4. The van der Waals surface area contributed by atoms with Crippen molar-refractivity contribution < 1.29 is 8.42 Å². The predicted octanol–water partition coefficient (Wildman–Crippen LogP) is 2.53. The standard InChI is InChI=1S/C13H22N2O2S2.ClH/c1-9-5-4-6-15(12(9)8-14)19(16,17)13-7-10(2)18-11(13)3;/h7,9,12H,4-6,8,14H2,1-3H3;1H. The van der Waals surface area contributed by atoms with Crippen LogP contribution in [0, 0.1) is 19.8 Å². The zero-order chi connectivity index (χ0) is 14.2. The van der Waals surface area contributed by atoms with Gasteiger partial charge < -0.3 is 5.73 Å². The lowest BCUT2D eigenvalue weighted by Gasteiger charge is -2.38. The van der Waals surface area contributed by atoms with Gasteiger partial charge in [-0.1, -0.05) is 6.92 Å². The van der Waals surface area contributed by atoms with Gasteiger partial charge in [0.1, 0.15) is 0 Å². The van der Waals surface area contributed by atoms with Gasteiger partial charge in [-0.15, -0.1) is 23.7 Å². The van der Waals surface area contributed by atoms with Crippen molar-refractivity contribution in [2.24, 2.45) is 11.7 Å². The number of aryl methyl sites for hydroxylation is 2. The first kappa shape index (κ1) is 17.9. The number of thiophene rings is 1. The van der Waals surface area contributed by atoms with Gasteiger partial charge in [0.05, 0.1) is 4.90 Å². The highest BCUT2D eigenvalue weighted by molar-refractivity contribution is 7.89. The molecule has 4 nitrogen and oxygen atoms in total. The lowest BCUT2D eigenvalue weighted by molar-refractivity contribution is 0.192. The predicted molar refractivity (Wildman–Crippen MR) is 86.2 cm³/mol. The van der Waals surface area contributed by atoms with E-state index in [1.165, 1.54) is 11.3 Å². The Morgan fingerprint density at radius 2 is 2.10 bits per heavy atom. The fourth-order valence-electron chi connectivity index (χ4n) is 2.85. The van der Waals surface area contributed by atoms with Crippen LogP contribution in [0.5, 0.6) is 0 Å². The summed E-state index contributed by atoms with van der Waals surface area (Å²) in [5.41, 5.74) is 5.80. The number of nitrogens with two attached hydrogens (primary N) is 1. The summed E-state index contributed by atoms with van der Waals surface area (Å²) < 4.78 is 27.2. The lowest BCUT2D eigenvalue weighted by Crippen LogP contribution is -2.51. The first-order chi connectivity index (χ1) is 8.87. The van der Waals surface area contributed by atoms with Crippen LogP contribution in [-0.2, 0) is 10.0 Å². The third-order valence-electron chi connectivity index (χ3n) is 3.89. The van der Waals surface area contributed by atoms with Crippen molar-refractivity contribution in [3.05, 3.63) is 15.8 Å². The fourth-order valence-corrected chi connectivity index (χ4v) is 6.15. The SMILES string of the molecule is Cc1cc(S(=O)(=O)N2CCCC(C)C2CN)c(C)s1.Cl. The van der Waals surface area contributed by atoms with Crippen LogP contribution < -0.4 is 5.73 Å². The van der Waals surface area contributed by atoms with Crippen LogP contribution in [0.25, 0.3) is 0 Å². The van der Waals surface area contributed by atoms with Crippen LogP contribution in [0.15, 0.2) is 11.0 Å². The number of sulfonamides is 1. The van der Waals surface area contributed by atoms with E-state index in [1.54, 1.807) is 10.4 Å². The van der Waals surface area contributed by atoms with E-state index in [-0.39, 0.29) is 18.4 Å². The van der Waals surface area contributed by atoms with E-state index >= 15 is 0 Å². The molecule has 116 valence electrons. The molecular formula is C13H23ClN2O2S2. The van der Waals surface area contributed by atoms with E-state index in [0.29, 0.717) is 23.9 Å². The maximum atomic E-state index is 12.8. The number of hydrogen-bond donors (Lipinski definition) is 1. The molecule has 0 radical (unpaired) electrons. The van der Waals surface area contributed by atoms with E-state index < -0.39 is 10.0 Å². The fraction of sp³-hybridized carbons (Fsp3) is 0.692. The molecule has 7 heteroatoms. The van der Waals surface area contributed by atoms with Gasteiger partial charge in [0.15, 0.2) is 0 Å². The maximum Gasteiger partial charge on any atom is 0.244 e. The van der Waals surface area contributed by atoms with Crippen molar-refractivity contribution in [3.63, 3.8) is 0 Å². The summed E-state index contributed by atoms with van der Waals surface area (Å²) in [5.74, 6) is 0.327. The summed E-state index contributed by atoms with van der Waals surface area (Å²) in [6, 6.07) is 1.71. The molecule has 2 unspecified atom stereocenters. The van der Waals surface area contributed by atoms with Crippen molar-refractivity contribution in [2.45, 2.75) is 44.6 Å². The summed E-state index contributed by atoms with van der Waals surface area (Å²) in [6.07, 6.45) is 1.97. The van der Waals surface area contributed by atoms with Gasteiger partial charge in [-0.25, -0.2) is 8.42 Å². The Kier molecular flexibility index (Phi) is 6.04. The van der Waals surface area contributed by atoms with Crippen molar-refractivity contribution in [1.29, 1.82) is 0 Å². The smallest absolute Gasteiger partial charge is 0.244 e. The van der Waals surface area contributed by atoms with Crippen LogP contribution in [-0.4, -0.2) is 31.9 Å². The number of rotatable bonds is 3. The zero-order valence-corrected chi connectivity index (χ0v) is 14.6. The molecule has 1 aliphatic heterocycles. The van der Waals surface area contributed by atoms with Gasteiger partial charge in [0.25, 0.3) is 0 Å². The Bertz CT molecular complexity index is 557. The Balaban J connectivity index is 0.00000200. The molecule has 20 heavy (non-hydrogen) atoms. The van der Waals surface area contributed by atoms with Crippen LogP contribution in [0.4, 0.5) is 0 Å². The quantitative estimate of drug-likeness (QED) is 0.921. The number of halogens is 1. The highest BCUT2D eigenvalue weighted by Gasteiger charge is 2.37. The molecule has 2 rings (SSSR count). The summed E-state index contributed by atoms with van der Waals surface area (Å²) in [5, 5.41) is 0. The number of piperidine rings is 1. The Morgan fingerprint density at radius 1 is 1.45 bits per heavy atom. The summed E-state index contributed by atoms with van der Waals surface area (Å²) >= 11 is 1.53. The summed E-state index contributed by atoms with van der Waals surface area (Å²) in [6.45, 7) is 6.88. The molecule has 1 saturated heterocycles. The highest BCUT2D eigenvalue weighted by atomic mass is 35.5. The Labute approximate surface area is 131 Å². The highest BCUT2D eigenvalue weighted by Crippen LogP contribution is 2.32. The van der Waals surface area contributed by atoms with Gasteiger partial charge in [-0.2, -0.15) is 4.31 Å². The molecule has 2 atom stereocenters. The monoisotopic (exact) mass is 338 g/mol. The zero-order valence-electron chi connectivity index (χ0n) is 12.1. The minimum absolute atomic E-state index is 0. The second kappa shape index (κ2) is 6.75. The van der Waals surface area contributed by atoms with Crippen LogP contribution >= 0.6 is 23.7 Å². The molecule has 1 aromatic heterocycles. The van der Waals surface area contributed by atoms with Gasteiger partial charge in [0, 0.05) is 28.9 Å². The van der Waals surface area contributed by atoms with Crippen LogP contribution in [0.3, 0.4) is 0 Å². The average molecular weight is 339 g/mol. The molecule has 0 spiro atoms. The van der Waals surface area contributed by atoms with Crippen LogP contribution in [0.2, 0.25) is 0 Å². The van der Waals surface area contributed by atoms with Crippen molar-refractivity contribution in [1.82, 2.24) is 4.31 Å². The second-order valence-corrected chi connectivity index (χ2v) is 8.64. The molecule has 2 N–H and O–H groups in total. The minimum atomic E-state index is -3.40. The third-order valence-corrected chi connectivity index (χ3v) is 7.03. The van der Waals surface area contributed by atoms with E-state index in [0.717, 1.165) is 22.6 Å². The molecule has 0 aromatic carbocycles. The molecule has 1 aliphatic rings. The third kappa shape index (κ3) is 3.20. The summed E-state index contributed by atoms with van der Waals surface area (Å²) in [7, 11) is -3.40. The topological polar surface area (TPSA) is 63.4 Å². The molecule has 0 saturated carbocycles. The average Bonchev–Trinajstić information content (AvgIpc) is 2.68. The van der Waals surface area contributed by atoms with E-state index in [9.17, 15) is 8.42 Å². The number of nitrogens with zero attached hydrogens (tertiary/aromatic N) is 1. The van der Waals surface area contributed by atoms with Gasteiger partial charge in [-0.05, 0) is 38.7 Å². The van der Waals surface area contributed by atoms with Crippen molar-refractivity contribution >= 4 is 33.8 Å². The first-order valence-corrected chi connectivity index (χ1v) is 8.92. The summed E-state index contributed by atoms with van der Waals surface area (Å²) in [4.78, 5) is 2.36. The van der Waals surface area contributed by atoms with E-state index in [4.69, 9.17) is 5.73 Å². The molecular weight excluding hydrogens is 316 g/mol. The minimum Gasteiger partial charge on any atom is -0.329 e. The maximum absolute atomic E-state index is 12.8. The molecule has 0 aliphatic carbocycles. The number of hydrogen-bond acceptors (Lipinski definition) is 4. The molecule has 0 bridgehead atoms. The Hall–Kier alpha value is -0.140.